The fraction of sp³-hybridized carbons (Fsp3) is 0.600. The summed E-state index contributed by atoms with van der Waals surface area (Å²) in [7, 11) is 0. The van der Waals surface area contributed by atoms with E-state index in [1.54, 1.807) is 0 Å². The van der Waals surface area contributed by atoms with Gasteiger partial charge in [-0.2, -0.15) is 0 Å². The molecular weight excluding hydrogens is 314 g/mol. The van der Waals surface area contributed by atoms with Gasteiger partial charge < -0.3 is 10.6 Å². The van der Waals surface area contributed by atoms with E-state index >= 15 is 0 Å². The van der Waals surface area contributed by atoms with Crippen LogP contribution in [-0.2, 0) is 11.3 Å². The summed E-state index contributed by atoms with van der Waals surface area (Å²) in [6.45, 7) is 9.89. The summed E-state index contributed by atoms with van der Waals surface area (Å²) >= 11 is 0. The van der Waals surface area contributed by atoms with Crippen LogP contribution in [0.1, 0.15) is 56.0 Å². The predicted octanol–water partition coefficient (Wildman–Crippen LogP) is 2.64. The fourth-order valence-electron chi connectivity index (χ4n) is 3.45. The van der Waals surface area contributed by atoms with Gasteiger partial charge in [-0.25, -0.2) is 0 Å². The Morgan fingerprint density at radius 3 is 2.28 bits per heavy atom. The second kappa shape index (κ2) is 8.99. The standard InChI is InChI=1S/C20H31N3O2/c1-4-22(15(2)3)14-17-5-7-18(8-6-17)20(25)23-11-9-16(10-12-23)13-19(21)24/h5-8,15-16H,4,9-14H2,1-3H3,(H2,21,24). The summed E-state index contributed by atoms with van der Waals surface area (Å²) in [5, 5.41) is 0. The van der Waals surface area contributed by atoms with Crippen LogP contribution in [-0.4, -0.2) is 47.3 Å². The molecule has 1 fully saturated rings. The SMILES string of the molecule is CCN(Cc1ccc(C(=O)N2CCC(CC(N)=O)CC2)cc1)C(C)C. The van der Waals surface area contributed by atoms with Crippen molar-refractivity contribution in [2.24, 2.45) is 11.7 Å². The lowest BCUT2D eigenvalue weighted by Gasteiger charge is -2.31. The first-order valence-electron chi connectivity index (χ1n) is 9.31. The lowest BCUT2D eigenvalue weighted by Crippen LogP contribution is -2.39. The predicted molar refractivity (Wildman–Crippen MR) is 100 cm³/mol. The second-order valence-electron chi connectivity index (χ2n) is 7.26. The largest absolute Gasteiger partial charge is 0.370 e. The molecule has 1 aliphatic heterocycles. The summed E-state index contributed by atoms with van der Waals surface area (Å²) in [4.78, 5) is 27.9. The maximum Gasteiger partial charge on any atom is 0.253 e. The van der Waals surface area contributed by atoms with Crippen molar-refractivity contribution in [2.75, 3.05) is 19.6 Å². The summed E-state index contributed by atoms with van der Waals surface area (Å²) in [5.41, 5.74) is 7.23. The molecule has 1 heterocycles. The van der Waals surface area contributed by atoms with Crippen LogP contribution in [0.2, 0.25) is 0 Å². The summed E-state index contributed by atoms with van der Waals surface area (Å²) < 4.78 is 0. The minimum absolute atomic E-state index is 0.0836. The van der Waals surface area contributed by atoms with E-state index in [1.165, 1.54) is 5.56 Å². The Kier molecular flexibility index (Phi) is 7.00. The van der Waals surface area contributed by atoms with Crippen molar-refractivity contribution in [1.29, 1.82) is 0 Å². The van der Waals surface area contributed by atoms with Gasteiger partial charge in [-0.15, -0.1) is 0 Å². The highest BCUT2D eigenvalue weighted by atomic mass is 16.2. The van der Waals surface area contributed by atoms with E-state index in [0.717, 1.165) is 31.5 Å². The molecular formula is C20H31N3O2. The van der Waals surface area contributed by atoms with Crippen LogP contribution < -0.4 is 5.73 Å². The average molecular weight is 345 g/mol. The van der Waals surface area contributed by atoms with Gasteiger partial charge in [-0.1, -0.05) is 19.1 Å². The second-order valence-corrected chi connectivity index (χ2v) is 7.26. The van der Waals surface area contributed by atoms with E-state index in [1.807, 2.05) is 17.0 Å². The van der Waals surface area contributed by atoms with Gasteiger partial charge in [-0.05, 0) is 56.8 Å². The third-order valence-corrected chi connectivity index (χ3v) is 5.11. The van der Waals surface area contributed by atoms with E-state index in [4.69, 9.17) is 5.73 Å². The molecule has 0 atom stereocenters. The Morgan fingerprint density at radius 2 is 1.80 bits per heavy atom. The molecule has 5 heteroatoms. The Balaban J connectivity index is 1.91. The van der Waals surface area contributed by atoms with Gasteiger partial charge >= 0.3 is 0 Å². The number of benzene rings is 1. The van der Waals surface area contributed by atoms with Gasteiger partial charge in [0.05, 0.1) is 0 Å². The molecule has 1 aromatic carbocycles. The number of nitrogens with two attached hydrogens (primary N) is 1. The van der Waals surface area contributed by atoms with E-state index in [9.17, 15) is 9.59 Å². The van der Waals surface area contributed by atoms with Crippen molar-refractivity contribution in [3.63, 3.8) is 0 Å². The quantitative estimate of drug-likeness (QED) is 0.826. The van der Waals surface area contributed by atoms with Gasteiger partial charge in [-0.3, -0.25) is 14.5 Å². The molecule has 0 spiro atoms. The molecule has 1 aromatic rings. The number of carbonyl (C=O) groups excluding carboxylic acids is 2. The number of piperidine rings is 1. The Morgan fingerprint density at radius 1 is 1.20 bits per heavy atom. The lowest BCUT2D eigenvalue weighted by molar-refractivity contribution is -0.119. The lowest BCUT2D eigenvalue weighted by atomic mass is 9.93. The zero-order valence-electron chi connectivity index (χ0n) is 15.7. The molecule has 0 bridgehead atoms. The van der Waals surface area contributed by atoms with Crippen molar-refractivity contribution in [3.05, 3.63) is 35.4 Å². The van der Waals surface area contributed by atoms with Crippen molar-refractivity contribution in [1.82, 2.24) is 9.80 Å². The van der Waals surface area contributed by atoms with Crippen LogP contribution in [0.3, 0.4) is 0 Å². The molecule has 138 valence electrons. The zero-order chi connectivity index (χ0) is 18.4. The smallest absolute Gasteiger partial charge is 0.253 e. The topological polar surface area (TPSA) is 66.6 Å². The van der Waals surface area contributed by atoms with Crippen molar-refractivity contribution in [2.45, 2.75) is 52.6 Å². The van der Waals surface area contributed by atoms with Gasteiger partial charge in [0.1, 0.15) is 0 Å². The van der Waals surface area contributed by atoms with Gasteiger partial charge in [0, 0.05) is 37.7 Å². The van der Waals surface area contributed by atoms with Gasteiger partial charge in [0.25, 0.3) is 5.91 Å². The molecule has 1 saturated heterocycles. The van der Waals surface area contributed by atoms with Crippen LogP contribution in [0.4, 0.5) is 0 Å². The number of carbonyl (C=O) groups is 2. The first-order chi connectivity index (χ1) is 11.9. The van der Waals surface area contributed by atoms with Crippen molar-refractivity contribution < 1.29 is 9.59 Å². The number of likely N-dealkylation sites (tertiary alicyclic amines) is 1. The van der Waals surface area contributed by atoms with E-state index in [2.05, 4.69) is 37.8 Å². The Labute approximate surface area is 151 Å². The van der Waals surface area contributed by atoms with Gasteiger partial charge in [0.2, 0.25) is 5.91 Å². The summed E-state index contributed by atoms with van der Waals surface area (Å²) in [6, 6.07) is 8.48. The van der Waals surface area contributed by atoms with Crippen LogP contribution in [0.5, 0.6) is 0 Å². The molecule has 0 aromatic heterocycles. The highest BCUT2D eigenvalue weighted by Crippen LogP contribution is 2.22. The normalized spacial score (nSPS) is 15.8. The number of amides is 2. The van der Waals surface area contributed by atoms with E-state index in [-0.39, 0.29) is 11.8 Å². The Bertz CT molecular complexity index is 575. The monoisotopic (exact) mass is 345 g/mol. The highest BCUT2D eigenvalue weighted by molar-refractivity contribution is 5.94. The first kappa shape index (κ1) is 19.4. The minimum Gasteiger partial charge on any atom is -0.370 e. The van der Waals surface area contributed by atoms with E-state index < -0.39 is 0 Å². The molecule has 0 unspecified atom stereocenters. The molecule has 2 amide bonds. The van der Waals surface area contributed by atoms with Gasteiger partial charge in [0.15, 0.2) is 0 Å². The third-order valence-electron chi connectivity index (χ3n) is 5.11. The minimum atomic E-state index is -0.247. The van der Waals surface area contributed by atoms with Crippen LogP contribution in [0, 0.1) is 5.92 Å². The zero-order valence-corrected chi connectivity index (χ0v) is 15.7. The molecule has 2 N–H and O–H groups in total. The number of hydrogen-bond donors (Lipinski definition) is 1. The molecule has 25 heavy (non-hydrogen) atoms. The number of primary amides is 1. The fourth-order valence-corrected chi connectivity index (χ4v) is 3.45. The third kappa shape index (κ3) is 5.56. The van der Waals surface area contributed by atoms with Crippen molar-refractivity contribution in [3.8, 4) is 0 Å². The summed E-state index contributed by atoms with van der Waals surface area (Å²) in [6.07, 6.45) is 2.14. The molecule has 0 saturated carbocycles. The maximum atomic E-state index is 12.7. The van der Waals surface area contributed by atoms with Crippen LogP contribution in [0.15, 0.2) is 24.3 Å². The number of hydrogen-bond acceptors (Lipinski definition) is 3. The summed E-state index contributed by atoms with van der Waals surface area (Å²) in [5.74, 6) is 0.156. The molecule has 0 aliphatic carbocycles. The maximum absolute atomic E-state index is 12.7. The Hall–Kier alpha value is -1.88. The van der Waals surface area contributed by atoms with E-state index in [0.29, 0.717) is 31.5 Å². The number of rotatable bonds is 7. The molecule has 2 rings (SSSR count). The van der Waals surface area contributed by atoms with Crippen LogP contribution in [0.25, 0.3) is 0 Å². The first-order valence-corrected chi connectivity index (χ1v) is 9.31. The average Bonchev–Trinajstić information content (AvgIpc) is 2.59. The number of nitrogens with zero attached hydrogens (tertiary/aromatic N) is 2. The highest BCUT2D eigenvalue weighted by Gasteiger charge is 2.24. The molecule has 0 radical (unpaired) electrons. The molecule has 5 nitrogen and oxygen atoms in total. The van der Waals surface area contributed by atoms with Crippen molar-refractivity contribution >= 4 is 11.8 Å². The van der Waals surface area contributed by atoms with Crippen LogP contribution >= 0.6 is 0 Å². The molecule has 1 aliphatic rings.